The highest BCUT2D eigenvalue weighted by Crippen LogP contribution is 2.21. The molecule has 1 rings (SSSR count). The number of thioether (sulfide) groups is 1. The van der Waals surface area contributed by atoms with Crippen molar-refractivity contribution >= 4 is 11.8 Å². The summed E-state index contributed by atoms with van der Waals surface area (Å²) in [6.07, 6.45) is 0. The fraction of sp³-hybridized carbons (Fsp3) is 0.625. The Kier molecular flexibility index (Phi) is 8.74. The Bertz CT molecular complexity index is 352. The van der Waals surface area contributed by atoms with Crippen molar-refractivity contribution in [3.05, 3.63) is 29.8 Å². The predicted octanol–water partition coefficient (Wildman–Crippen LogP) is 3.03. The van der Waals surface area contributed by atoms with Gasteiger partial charge >= 0.3 is 0 Å². The molecule has 0 heterocycles. The van der Waals surface area contributed by atoms with E-state index in [1.165, 1.54) is 17.9 Å². The van der Waals surface area contributed by atoms with Gasteiger partial charge in [0.15, 0.2) is 0 Å². The summed E-state index contributed by atoms with van der Waals surface area (Å²) in [5.74, 6) is 3.21. The van der Waals surface area contributed by atoms with E-state index in [4.69, 9.17) is 4.74 Å². The Morgan fingerprint density at radius 3 is 2.35 bits per heavy atom. The molecule has 0 spiro atoms. The normalized spacial score (nSPS) is 12.7. The average Bonchev–Trinajstić information content (AvgIpc) is 2.51. The maximum atomic E-state index is 5.20. The summed E-state index contributed by atoms with van der Waals surface area (Å²) in [5.41, 5.74) is 1.32. The second-order valence-electron chi connectivity index (χ2n) is 4.72. The van der Waals surface area contributed by atoms with Crippen molar-refractivity contribution in [2.75, 3.05) is 45.3 Å². The first-order valence-corrected chi connectivity index (χ1v) is 8.51. The standard InChI is InChI=1S/C16H28N2OS/c1-5-18(6-2)11-12-20-13-16(17-3)14-7-9-15(19-4)10-8-14/h7-10,16-17H,5-6,11-13H2,1-4H3. The number of nitrogens with zero attached hydrogens (tertiary/aromatic N) is 1. The summed E-state index contributed by atoms with van der Waals surface area (Å²) in [4.78, 5) is 2.47. The highest BCUT2D eigenvalue weighted by Gasteiger charge is 2.09. The van der Waals surface area contributed by atoms with E-state index in [2.05, 4.69) is 36.2 Å². The second kappa shape index (κ2) is 10.1. The van der Waals surface area contributed by atoms with Gasteiger partial charge in [0.1, 0.15) is 5.75 Å². The van der Waals surface area contributed by atoms with Gasteiger partial charge in [-0.05, 0) is 37.8 Å². The van der Waals surface area contributed by atoms with Gasteiger partial charge in [0.25, 0.3) is 0 Å². The van der Waals surface area contributed by atoms with Gasteiger partial charge in [0.05, 0.1) is 7.11 Å². The molecule has 0 saturated heterocycles. The molecular formula is C16H28N2OS. The summed E-state index contributed by atoms with van der Waals surface area (Å²) < 4.78 is 5.20. The van der Waals surface area contributed by atoms with Gasteiger partial charge in [-0.1, -0.05) is 26.0 Å². The molecule has 0 fully saturated rings. The number of ether oxygens (including phenoxy) is 1. The molecule has 3 nitrogen and oxygen atoms in total. The van der Waals surface area contributed by atoms with Crippen LogP contribution in [0.5, 0.6) is 5.75 Å². The van der Waals surface area contributed by atoms with E-state index in [0.717, 1.165) is 24.6 Å². The lowest BCUT2D eigenvalue weighted by atomic mass is 10.1. The Morgan fingerprint density at radius 2 is 1.85 bits per heavy atom. The Balaban J connectivity index is 2.38. The Labute approximate surface area is 128 Å². The van der Waals surface area contributed by atoms with Crippen LogP contribution in [-0.2, 0) is 0 Å². The fourth-order valence-corrected chi connectivity index (χ4v) is 3.27. The highest BCUT2D eigenvalue weighted by atomic mass is 32.2. The summed E-state index contributed by atoms with van der Waals surface area (Å²) in [7, 11) is 3.73. The minimum Gasteiger partial charge on any atom is -0.497 e. The first kappa shape index (κ1) is 17.3. The molecule has 1 atom stereocenters. The summed E-state index contributed by atoms with van der Waals surface area (Å²) in [5, 5.41) is 3.40. The zero-order valence-electron chi connectivity index (χ0n) is 13.2. The first-order valence-electron chi connectivity index (χ1n) is 7.36. The maximum absolute atomic E-state index is 5.20. The van der Waals surface area contributed by atoms with Crippen LogP contribution in [0.25, 0.3) is 0 Å². The number of methoxy groups -OCH3 is 1. The third-order valence-electron chi connectivity index (χ3n) is 3.60. The van der Waals surface area contributed by atoms with Gasteiger partial charge in [-0.2, -0.15) is 11.8 Å². The molecule has 0 aliphatic carbocycles. The van der Waals surface area contributed by atoms with E-state index in [9.17, 15) is 0 Å². The lowest BCUT2D eigenvalue weighted by Gasteiger charge is -2.20. The fourth-order valence-electron chi connectivity index (χ4n) is 2.12. The largest absolute Gasteiger partial charge is 0.497 e. The van der Waals surface area contributed by atoms with E-state index < -0.39 is 0 Å². The van der Waals surface area contributed by atoms with Crippen molar-refractivity contribution in [3.63, 3.8) is 0 Å². The molecule has 1 aromatic rings. The minimum atomic E-state index is 0.405. The van der Waals surface area contributed by atoms with Gasteiger partial charge in [-0.25, -0.2) is 0 Å². The molecule has 0 aromatic heterocycles. The van der Waals surface area contributed by atoms with Crippen LogP contribution in [0.2, 0.25) is 0 Å². The van der Waals surface area contributed by atoms with Gasteiger partial charge < -0.3 is 15.0 Å². The molecule has 0 aliphatic heterocycles. The van der Waals surface area contributed by atoms with Crippen LogP contribution in [-0.4, -0.2) is 50.2 Å². The summed E-state index contributed by atoms with van der Waals surface area (Å²) >= 11 is 2.01. The van der Waals surface area contributed by atoms with E-state index >= 15 is 0 Å². The predicted molar refractivity (Wildman–Crippen MR) is 89.9 cm³/mol. The number of hydrogen-bond acceptors (Lipinski definition) is 4. The molecule has 1 aromatic carbocycles. The molecular weight excluding hydrogens is 268 g/mol. The van der Waals surface area contributed by atoms with Crippen molar-refractivity contribution in [2.45, 2.75) is 19.9 Å². The van der Waals surface area contributed by atoms with Crippen LogP contribution in [0.3, 0.4) is 0 Å². The zero-order valence-corrected chi connectivity index (χ0v) is 14.0. The molecule has 4 heteroatoms. The van der Waals surface area contributed by atoms with Crippen LogP contribution >= 0.6 is 11.8 Å². The van der Waals surface area contributed by atoms with Crippen LogP contribution in [0, 0.1) is 0 Å². The van der Waals surface area contributed by atoms with Gasteiger partial charge in [-0.3, -0.25) is 0 Å². The minimum absolute atomic E-state index is 0.405. The molecule has 0 bridgehead atoms. The Hall–Kier alpha value is -0.710. The summed E-state index contributed by atoms with van der Waals surface area (Å²) in [6, 6.07) is 8.75. The van der Waals surface area contributed by atoms with E-state index in [-0.39, 0.29) is 0 Å². The van der Waals surface area contributed by atoms with E-state index in [1.54, 1.807) is 7.11 Å². The number of benzene rings is 1. The van der Waals surface area contributed by atoms with Gasteiger partial charge in [-0.15, -0.1) is 0 Å². The van der Waals surface area contributed by atoms with Crippen molar-refractivity contribution < 1.29 is 4.74 Å². The van der Waals surface area contributed by atoms with Crippen LogP contribution in [0.15, 0.2) is 24.3 Å². The molecule has 114 valence electrons. The first-order chi connectivity index (χ1) is 9.74. The van der Waals surface area contributed by atoms with Crippen LogP contribution in [0.4, 0.5) is 0 Å². The maximum Gasteiger partial charge on any atom is 0.118 e. The van der Waals surface area contributed by atoms with Crippen LogP contribution < -0.4 is 10.1 Å². The topological polar surface area (TPSA) is 24.5 Å². The van der Waals surface area contributed by atoms with Crippen molar-refractivity contribution in [2.24, 2.45) is 0 Å². The Morgan fingerprint density at radius 1 is 1.20 bits per heavy atom. The van der Waals surface area contributed by atoms with Crippen LogP contribution in [0.1, 0.15) is 25.5 Å². The molecule has 1 N–H and O–H groups in total. The lowest BCUT2D eigenvalue weighted by molar-refractivity contribution is 0.324. The lowest BCUT2D eigenvalue weighted by Crippen LogP contribution is -2.26. The molecule has 0 radical (unpaired) electrons. The van der Waals surface area contributed by atoms with Crippen molar-refractivity contribution in [3.8, 4) is 5.75 Å². The highest BCUT2D eigenvalue weighted by molar-refractivity contribution is 7.99. The summed E-state index contributed by atoms with van der Waals surface area (Å²) in [6.45, 7) is 7.91. The second-order valence-corrected chi connectivity index (χ2v) is 5.87. The van der Waals surface area contributed by atoms with Crippen molar-refractivity contribution in [1.82, 2.24) is 10.2 Å². The third-order valence-corrected chi connectivity index (χ3v) is 4.64. The number of nitrogens with one attached hydrogen (secondary N) is 1. The molecule has 1 unspecified atom stereocenters. The van der Waals surface area contributed by atoms with E-state index in [0.29, 0.717) is 6.04 Å². The zero-order chi connectivity index (χ0) is 14.8. The van der Waals surface area contributed by atoms with Crippen molar-refractivity contribution in [1.29, 1.82) is 0 Å². The van der Waals surface area contributed by atoms with E-state index in [1.807, 2.05) is 30.9 Å². The SMILES string of the molecule is CCN(CC)CCSCC(NC)c1ccc(OC)cc1. The molecule has 0 amide bonds. The monoisotopic (exact) mass is 296 g/mol. The smallest absolute Gasteiger partial charge is 0.118 e. The van der Waals surface area contributed by atoms with Gasteiger partial charge in [0.2, 0.25) is 0 Å². The average molecular weight is 296 g/mol. The van der Waals surface area contributed by atoms with Gasteiger partial charge in [0, 0.05) is 24.1 Å². The molecule has 20 heavy (non-hydrogen) atoms. The molecule has 0 aliphatic rings. The molecule has 0 saturated carbocycles. The number of rotatable bonds is 10. The number of hydrogen-bond donors (Lipinski definition) is 1. The third kappa shape index (κ3) is 5.73. The quantitative estimate of drug-likeness (QED) is 0.671.